The Morgan fingerprint density at radius 1 is 1.17 bits per heavy atom. The van der Waals surface area contributed by atoms with Gasteiger partial charge in [0.1, 0.15) is 0 Å². The Labute approximate surface area is 174 Å². The summed E-state index contributed by atoms with van der Waals surface area (Å²) in [4.78, 5) is 8.48. The number of rotatable bonds is 7. The summed E-state index contributed by atoms with van der Waals surface area (Å²) in [6, 6.07) is 8.50. The van der Waals surface area contributed by atoms with Crippen molar-refractivity contribution in [2.45, 2.75) is 39.2 Å². The minimum Gasteiger partial charge on any atom is -0.477 e. The van der Waals surface area contributed by atoms with Crippen molar-refractivity contribution in [1.82, 2.24) is 9.97 Å². The zero-order valence-corrected chi connectivity index (χ0v) is 17.4. The third-order valence-electron chi connectivity index (χ3n) is 4.51. The van der Waals surface area contributed by atoms with Gasteiger partial charge in [-0.05, 0) is 56.0 Å². The molecule has 0 spiro atoms. The van der Waals surface area contributed by atoms with Gasteiger partial charge in [0.25, 0.3) is 6.43 Å². The van der Waals surface area contributed by atoms with Gasteiger partial charge in [-0.15, -0.1) is 0 Å². The fourth-order valence-electron chi connectivity index (χ4n) is 3.44. The molecule has 3 rings (SSSR count). The zero-order chi connectivity index (χ0) is 21.2. The molecule has 0 saturated carbocycles. The number of hydrogen-bond acceptors (Lipinski definition) is 4. The molecule has 3 aromatic rings. The highest BCUT2D eigenvalue weighted by Gasteiger charge is 2.20. The lowest BCUT2D eigenvalue weighted by atomic mass is 9.93. The summed E-state index contributed by atoms with van der Waals surface area (Å²) >= 11 is 6.03. The molecular formula is C22H24ClF2N3O. The quantitative estimate of drug-likeness (QED) is 0.507. The van der Waals surface area contributed by atoms with E-state index in [2.05, 4.69) is 9.97 Å². The molecule has 0 radical (unpaired) electrons. The van der Waals surface area contributed by atoms with Crippen LogP contribution in [0.3, 0.4) is 0 Å². The van der Waals surface area contributed by atoms with E-state index in [1.807, 2.05) is 26.8 Å². The average Bonchev–Trinajstić information content (AvgIpc) is 2.64. The van der Waals surface area contributed by atoms with E-state index >= 15 is 0 Å². The summed E-state index contributed by atoms with van der Waals surface area (Å²) in [7, 11) is 0. The van der Waals surface area contributed by atoms with Gasteiger partial charge in [-0.25, -0.2) is 13.8 Å². The Morgan fingerprint density at radius 2 is 1.93 bits per heavy atom. The van der Waals surface area contributed by atoms with E-state index in [0.29, 0.717) is 22.5 Å². The molecule has 1 atom stereocenters. The highest BCUT2D eigenvalue weighted by molar-refractivity contribution is 6.31. The van der Waals surface area contributed by atoms with Gasteiger partial charge in [0.05, 0.1) is 17.7 Å². The molecule has 7 heteroatoms. The Morgan fingerprint density at radius 3 is 2.62 bits per heavy atom. The molecule has 0 aliphatic carbocycles. The fraction of sp³-hybridized carbons (Fsp3) is 0.364. The SMILES string of the molecule is CC(COc1ncc(-c2ccnc3cc(Cl)ccc23)cc1C(F)F)CC(C)(C)N. The van der Waals surface area contributed by atoms with E-state index in [1.165, 1.54) is 6.07 Å². The van der Waals surface area contributed by atoms with Crippen molar-refractivity contribution in [3.63, 3.8) is 0 Å². The Hall–Kier alpha value is -2.31. The van der Waals surface area contributed by atoms with Crippen molar-refractivity contribution in [3.8, 4) is 17.0 Å². The zero-order valence-electron chi connectivity index (χ0n) is 16.6. The normalized spacial score (nSPS) is 13.1. The first-order chi connectivity index (χ1) is 13.6. The molecule has 0 bridgehead atoms. The first-order valence-corrected chi connectivity index (χ1v) is 9.76. The minimum atomic E-state index is -2.71. The number of nitrogens with zero attached hydrogens (tertiary/aromatic N) is 2. The molecule has 0 aliphatic heterocycles. The minimum absolute atomic E-state index is 0.0492. The lowest BCUT2D eigenvalue weighted by molar-refractivity contribution is 0.140. The van der Waals surface area contributed by atoms with Crippen LogP contribution in [0, 0.1) is 5.92 Å². The predicted octanol–water partition coefficient (Wildman–Crippen LogP) is 6.03. The number of alkyl halides is 2. The smallest absolute Gasteiger partial charge is 0.269 e. The van der Waals surface area contributed by atoms with Crippen molar-refractivity contribution in [3.05, 3.63) is 53.3 Å². The van der Waals surface area contributed by atoms with Crippen molar-refractivity contribution in [2.24, 2.45) is 11.7 Å². The third kappa shape index (κ3) is 5.40. The number of benzene rings is 1. The van der Waals surface area contributed by atoms with E-state index < -0.39 is 6.43 Å². The molecule has 29 heavy (non-hydrogen) atoms. The van der Waals surface area contributed by atoms with Crippen LogP contribution in [-0.4, -0.2) is 22.1 Å². The summed E-state index contributed by atoms with van der Waals surface area (Å²) in [6.45, 7) is 6.09. The van der Waals surface area contributed by atoms with Gasteiger partial charge in [0, 0.05) is 33.9 Å². The second-order valence-corrected chi connectivity index (χ2v) is 8.48. The van der Waals surface area contributed by atoms with Crippen molar-refractivity contribution >= 4 is 22.5 Å². The number of pyridine rings is 2. The number of fused-ring (bicyclic) bond motifs is 1. The number of ether oxygens (including phenoxy) is 1. The molecule has 0 amide bonds. The Bertz CT molecular complexity index is 1010. The number of hydrogen-bond donors (Lipinski definition) is 1. The summed E-state index contributed by atoms with van der Waals surface area (Å²) in [6.07, 6.45) is 1.17. The van der Waals surface area contributed by atoms with Crippen molar-refractivity contribution in [1.29, 1.82) is 0 Å². The highest BCUT2D eigenvalue weighted by Crippen LogP contribution is 2.34. The first kappa shape index (κ1) is 21.4. The molecule has 0 fully saturated rings. The lowest BCUT2D eigenvalue weighted by Gasteiger charge is -2.23. The summed E-state index contributed by atoms with van der Waals surface area (Å²) < 4.78 is 33.1. The molecule has 2 N–H and O–H groups in total. The Balaban J connectivity index is 1.91. The molecule has 2 heterocycles. The van der Waals surface area contributed by atoms with Crippen LogP contribution in [-0.2, 0) is 0 Å². The van der Waals surface area contributed by atoms with E-state index in [-0.39, 0.29) is 29.5 Å². The van der Waals surface area contributed by atoms with Crippen LogP contribution in [0.1, 0.15) is 39.2 Å². The number of nitrogens with two attached hydrogens (primary N) is 1. The van der Waals surface area contributed by atoms with Gasteiger partial charge in [-0.1, -0.05) is 24.6 Å². The molecular weight excluding hydrogens is 396 g/mol. The van der Waals surface area contributed by atoms with Gasteiger partial charge in [0.2, 0.25) is 5.88 Å². The fourth-order valence-corrected chi connectivity index (χ4v) is 3.61. The standard InChI is InChI=1S/C22H24ClF2N3O/c1-13(10-22(2,3)26)12-29-21-18(20(24)25)8-14(11-28-21)16-6-7-27-19-9-15(23)4-5-17(16)19/h4-9,11,13,20H,10,12,26H2,1-3H3. The van der Waals surface area contributed by atoms with Crippen LogP contribution in [0.2, 0.25) is 5.02 Å². The van der Waals surface area contributed by atoms with Crippen molar-refractivity contribution in [2.75, 3.05) is 6.61 Å². The van der Waals surface area contributed by atoms with Gasteiger partial charge < -0.3 is 10.5 Å². The summed E-state index contributed by atoms with van der Waals surface area (Å²) in [5, 5.41) is 1.37. The lowest BCUT2D eigenvalue weighted by Crippen LogP contribution is -2.35. The predicted molar refractivity (Wildman–Crippen MR) is 112 cm³/mol. The summed E-state index contributed by atoms with van der Waals surface area (Å²) in [5.74, 6) is 0.0581. The largest absolute Gasteiger partial charge is 0.477 e. The molecule has 4 nitrogen and oxygen atoms in total. The van der Waals surface area contributed by atoms with E-state index in [4.69, 9.17) is 22.1 Å². The second-order valence-electron chi connectivity index (χ2n) is 8.05. The second kappa shape index (κ2) is 8.59. The van der Waals surface area contributed by atoms with Crippen LogP contribution in [0.15, 0.2) is 42.7 Å². The maximum absolute atomic E-state index is 13.7. The van der Waals surface area contributed by atoms with Crippen LogP contribution < -0.4 is 10.5 Å². The van der Waals surface area contributed by atoms with E-state index in [1.54, 1.807) is 30.6 Å². The van der Waals surface area contributed by atoms with Gasteiger partial charge in [0.15, 0.2) is 0 Å². The summed E-state index contributed by atoms with van der Waals surface area (Å²) in [5.41, 5.74) is 7.44. The Kier molecular flexibility index (Phi) is 6.34. The highest BCUT2D eigenvalue weighted by atomic mass is 35.5. The topological polar surface area (TPSA) is 61.0 Å². The van der Waals surface area contributed by atoms with Crippen LogP contribution >= 0.6 is 11.6 Å². The molecule has 154 valence electrons. The molecule has 2 aromatic heterocycles. The maximum atomic E-state index is 13.7. The van der Waals surface area contributed by atoms with Gasteiger partial charge in [-0.3, -0.25) is 4.98 Å². The monoisotopic (exact) mass is 419 g/mol. The third-order valence-corrected chi connectivity index (χ3v) is 4.74. The first-order valence-electron chi connectivity index (χ1n) is 9.38. The molecule has 1 aromatic carbocycles. The molecule has 0 saturated heterocycles. The van der Waals surface area contributed by atoms with Gasteiger partial charge >= 0.3 is 0 Å². The molecule has 0 aliphatic rings. The average molecular weight is 420 g/mol. The maximum Gasteiger partial charge on any atom is 0.269 e. The van der Waals surface area contributed by atoms with Crippen LogP contribution in [0.5, 0.6) is 5.88 Å². The van der Waals surface area contributed by atoms with Crippen molar-refractivity contribution < 1.29 is 13.5 Å². The van der Waals surface area contributed by atoms with E-state index in [0.717, 1.165) is 10.9 Å². The number of aromatic nitrogens is 2. The molecule has 1 unspecified atom stereocenters. The van der Waals surface area contributed by atoms with E-state index in [9.17, 15) is 8.78 Å². The van der Waals surface area contributed by atoms with Crippen LogP contribution in [0.25, 0.3) is 22.0 Å². The van der Waals surface area contributed by atoms with Gasteiger partial charge in [-0.2, -0.15) is 0 Å². The van der Waals surface area contributed by atoms with Crippen LogP contribution in [0.4, 0.5) is 8.78 Å². The number of halogens is 3.